The average Bonchev–Trinajstić information content (AvgIpc) is 2.56. The van der Waals surface area contributed by atoms with E-state index in [0.29, 0.717) is 0 Å². The number of likely N-dealkylation sites (N-methyl/N-ethyl adjacent to an activating group) is 2. The zero-order valence-electron chi connectivity index (χ0n) is 10.2. The van der Waals surface area contributed by atoms with E-state index < -0.39 is 0 Å². The molecule has 0 bridgehead atoms. The summed E-state index contributed by atoms with van der Waals surface area (Å²) in [7, 11) is 3.25. The molecule has 1 heterocycles. The molecule has 0 radical (unpaired) electrons. The van der Waals surface area contributed by atoms with Crippen LogP contribution in [0.25, 0.3) is 0 Å². The summed E-state index contributed by atoms with van der Waals surface area (Å²) in [4.78, 5) is 26.4. The van der Waals surface area contributed by atoms with Crippen molar-refractivity contribution in [3.05, 3.63) is 0 Å². The lowest BCUT2D eigenvalue weighted by Crippen LogP contribution is -2.45. The molecule has 92 valence electrons. The number of hydrogen-bond donors (Lipinski definition) is 1. The Kier molecular flexibility index (Phi) is 5.08. The summed E-state index contributed by atoms with van der Waals surface area (Å²) in [5.41, 5.74) is 0. The minimum Gasteiger partial charge on any atom is -0.358 e. The Hall–Kier alpha value is -1.26. The predicted molar refractivity (Wildman–Crippen MR) is 62.1 cm³/mol. The van der Waals surface area contributed by atoms with Crippen molar-refractivity contribution in [2.24, 2.45) is 0 Å². The van der Waals surface area contributed by atoms with E-state index in [1.54, 1.807) is 14.1 Å². The summed E-state index contributed by atoms with van der Waals surface area (Å²) in [5.74, 6) is -0.134. The Bertz CT molecular complexity index is 248. The molecule has 3 amide bonds. The van der Waals surface area contributed by atoms with E-state index >= 15 is 0 Å². The van der Waals surface area contributed by atoms with Crippen LogP contribution in [-0.4, -0.2) is 55.5 Å². The molecule has 0 aromatic rings. The lowest BCUT2D eigenvalue weighted by Gasteiger charge is -2.26. The highest BCUT2D eigenvalue weighted by molar-refractivity contribution is 5.83. The first-order chi connectivity index (χ1) is 7.65. The largest absolute Gasteiger partial charge is 0.358 e. The molecule has 1 N–H and O–H groups in total. The Morgan fingerprint density at radius 1 is 1.19 bits per heavy atom. The van der Waals surface area contributed by atoms with Crippen LogP contribution in [0, 0.1) is 0 Å². The van der Waals surface area contributed by atoms with Gasteiger partial charge < -0.3 is 15.1 Å². The van der Waals surface area contributed by atoms with Crippen LogP contribution in [-0.2, 0) is 4.79 Å². The first-order valence-corrected chi connectivity index (χ1v) is 5.85. The van der Waals surface area contributed by atoms with E-state index in [4.69, 9.17) is 0 Å². The standard InChI is InChI=1S/C11H21N3O2/c1-12-10(15)9-13(2)11(16)14-7-5-3-4-6-8-14/h3-9H2,1-2H3,(H,12,15). The maximum Gasteiger partial charge on any atom is 0.320 e. The van der Waals surface area contributed by atoms with E-state index in [9.17, 15) is 9.59 Å². The molecule has 1 saturated heterocycles. The zero-order valence-corrected chi connectivity index (χ0v) is 10.2. The quantitative estimate of drug-likeness (QED) is 0.753. The lowest BCUT2D eigenvalue weighted by atomic mass is 10.2. The van der Waals surface area contributed by atoms with Gasteiger partial charge in [-0.15, -0.1) is 0 Å². The molecule has 5 heteroatoms. The van der Waals surface area contributed by atoms with Gasteiger partial charge in [-0.25, -0.2) is 4.79 Å². The van der Waals surface area contributed by atoms with Gasteiger partial charge >= 0.3 is 6.03 Å². The summed E-state index contributed by atoms with van der Waals surface area (Å²) >= 11 is 0. The SMILES string of the molecule is CNC(=O)CN(C)C(=O)N1CCCCCC1. The number of hydrogen-bond acceptors (Lipinski definition) is 2. The smallest absolute Gasteiger partial charge is 0.320 e. The van der Waals surface area contributed by atoms with Crippen LogP contribution in [0.1, 0.15) is 25.7 Å². The monoisotopic (exact) mass is 227 g/mol. The normalized spacial score (nSPS) is 16.5. The number of carbonyl (C=O) groups is 2. The van der Waals surface area contributed by atoms with Crippen molar-refractivity contribution < 1.29 is 9.59 Å². The maximum atomic E-state index is 12.0. The number of carbonyl (C=O) groups excluding carboxylic acids is 2. The molecule has 0 aromatic heterocycles. The highest BCUT2D eigenvalue weighted by Crippen LogP contribution is 2.11. The Morgan fingerprint density at radius 3 is 2.25 bits per heavy atom. The summed E-state index contributed by atoms with van der Waals surface area (Å²) in [6, 6.07) is -0.0366. The second-order valence-corrected chi connectivity index (χ2v) is 4.21. The zero-order chi connectivity index (χ0) is 12.0. The molecule has 1 rings (SSSR count). The molecule has 1 fully saturated rings. The van der Waals surface area contributed by atoms with Gasteiger partial charge in [0.1, 0.15) is 6.54 Å². The lowest BCUT2D eigenvalue weighted by molar-refractivity contribution is -0.121. The second kappa shape index (κ2) is 6.35. The second-order valence-electron chi connectivity index (χ2n) is 4.21. The highest BCUT2D eigenvalue weighted by atomic mass is 16.2. The van der Waals surface area contributed by atoms with Gasteiger partial charge in [-0.2, -0.15) is 0 Å². The number of likely N-dealkylation sites (tertiary alicyclic amines) is 1. The third kappa shape index (κ3) is 3.72. The molecule has 1 aliphatic rings. The van der Waals surface area contributed by atoms with Gasteiger partial charge in [0.05, 0.1) is 0 Å². The summed E-state index contributed by atoms with van der Waals surface area (Å²) in [6.07, 6.45) is 4.53. The van der Waals surface area contributed by atoms with E-state index in [0.717, 1.165) is 25.9 Å². The maximum absolute atomic E-state index is 12.0. The molecule has 0 saturated carbocycles. The van der Waals surface area contributed by atoms with Gasteiger partial charge in [-0.1, -0.05) is 12.8 Å². The van der Waals surface area contributed by atoms with Crippen LogP contribution >= 0.6 is 0 Å². The van der Waals surface area contributed by atoms with Crippen LogP contribution in [0.2, 0.25) is 0 Å². The predicted octanol–water partition coefficient (Wildman–Crippen LogP) is 0.660. The van der Waals surface area contributed by atoms with E-state index in [-0.39, 0.29) is 18.5 Å². The highest BCUT2D eigenvalue weighted by Gasteiger charge is 2.20. The van der Waals surface area contributed by atoms with Gasteiger partial charge in [0.2, 0.25) is 5.91 Å². The van der Waals surface area contributed by atoms with Crippen molar-refractivity contribution >= 4 is 11.9 Å². The molecule has 1 aliphatic heterocycles. The molecule has 0 aromatic carbocycles. The first kappa shape index (κ1) is 12.8. The topological polar surface area (TPSA) is 52.7 Å². The third-order valence-corrected chi connectivity index (χ3v) is 2.86. The minimum absolute atomic E-state index is 0.0366. The van der Waals surface area contributed by atoms with Gasteiger partial charge in [0.15, 0.2) is 0 Å². The Balaban J connectivity index is 2.44. The summed E-state index contributed by atoms with van der Waals surface area (Å²) < 4.78 is 0. The molecular weight excluding hydrogens is 206 g/mol. The fourth-order valence-corrected chi connectivity index (χ4v) is 1.87. The van der Waals surface area contributed by atoms with Gasteiger partial charge in [0.25, 0.3) is 0 Å². The Morgan fingerprint density at radius 2 is 1.75 bits per heavy atom. The van der Waals surface area contributed by atoms with Crippen LogP contribution in [0.15, 0.2) is 0 Å². The fourth-order valence-electron chi connectivity index (χ4n) is 1.87. The third-order valence-electron chi connectivity index (χ3n) is 2.86. The van der Waals surface area contributed by atoms with Gasteiger partial charge in [0, 0.05) is 27.2 Å². The fraction of sp³-hybridized carbons (Fsp3) is 0.818. The van der Waals surface area contributed by atoms with Crippen molar-refractivity contribution in [1.82, 2.24) is 15.1 Å². The minimum atomic E-state index is -0.134. The van der Waals surface area contributed by atoms with Crippen molar-refractivity contribution in [1.29, 1.82) is 0 Å². The van der Waals surface area contributed by atoms with E-state index in [1.165, 1.54) is 17.7 Å². The van der Waals surface area contributed by atoms with Crippen LogP contribution in [0.3, 0.4) is 0 Å². The first-order valence-electron chi connectivity index (χ1n) is 5.85. The van der Waals surface area contributed by atoms with E-state index in [1.807, 2.05) is 4.90 Å². The summed E-state index contributed by atoms with van der Waals surface area (Å²) in [5, 5.41) is 2.51. The van der Waals surface area contributed by atoms with Crippen LogP contribution in [0.4, 0.5) is 4.79 Å². The summed E-state index contributed by atoms with van der Waals surface area (Å²) in [6.45, 7) is 1.76. The number of nitrogens with zero attached hydrogens (tertiary/aromatic N) is 2. The molecule has 16 heavy (non-hydrogen) atoms. The number of urea groups is 1. The van der Waals surface area contributed by atoms with E-state index in [2.05, 4.69) is 5.32 Å². The van der Waals surface area contributed by atoms with Crippen molar-refractivity contribution in [2.75, 3.05) is 33.7 Å². The Labute approximate surface area is 96.8 Å². The van der Waals surface area contributed by atoms with Crippen LogP contribution in [0.5, 0.6) is 0 Å². The van der Waals surface area contributed by atoms with Crippen molar-refractivity contribution in [3.8, 4) is 0 Å². The van der Waals surface area contributed by atoms with Crippen LogP contribution < -0.4 is 5.32 Å². The number of amides is 3. The molecule has 0 unspecified atom stereocenters. The number of rotatable bonds is 2. The molecular formula is C11H21N3O2. The van der Waals surface area contributed by atoms with Crippen molar-refractivity contribution in [2.45, 2.75) is 25.7 Å². The number of nitrogens with one attached hydrogen (secondary N) is 1. The molecule has 0 aliphatic carbocycles. The molecule has 5 nitrogen and oxygen atoms in total. The van der Waals surface area contributed by atoms with Gasteiger partial charge in [-0.3, -0.25) is 4.79 Å². The average molecular weight is 227 g/mol. The van der Waals surface area contributed by atoms with Crippen molar-refractivity contribution in [3.63, 3.8) is 0 Å². The van der Waals surface area contributed by atoms with Gasteiger partial charge in [-0.05, 0) is 12.8 Å². The molecule has 0 spiro atoms. The molecule has 0 atom stereocenters.